The Labute approximate surface area is 122 Å². The van der Waals surface area contributed by atoms with Crippen LogP contribution in [0.1, 0.15) is 25.8 Å². The van der Waals surface area contributed by atoms with E-state index in [0.717, 1.165) is 0 Å². The molecule has 108 valence electrons. The fourth-order valence-corrected chi connectivity index (χ4v) is 4.12. The molecule has 0 radical (unpaired) electrons. The Morgan fingerprint density at radius 3 is 2.47 bits per heavy atom. The predicted molar refractivity (Wildman–Crippen MR) is 76.7 cm³/mol. The number of benzene rings is 1. The van der Waals surface area contributed by atoms with E-state index in [-0.39, 0.29) is 17.0 Å². The van der Waals surface area contributed by atoms with Crippen molar-refractivity contribution < 1.29 is 12.8 Å². The van der Waals surface area contributed by atoms with Gasteiger partial charge < -0.3 is 5.73 Å². The highest BCUT2D eigenvalue weighted by Gasteiger charge is 2.27. The molecular formula is C12H18BrFN2O2S. The summed E-state index contributed by atoms with van der Waals surface area (Å²) >= 11 is 3.19. The van der Waals surface area contributed by atoms with E-state index in [1.807, 2.05) is 6.92 Å². The first-order chi connectivity index (χ1) is 8.88. The van der Waals surface area contributed by atoms with Crippen LogP contribution in [0.2, 0.25) is 0 Å². The van der Waals surface area contributed by atoms with Gasteiger partial charge in [-0.1, -0.05) is 29.8 Å². The maximum Gasteiger partial charge on any atom is 0.246 e. The van der Waals surface area contributed by atoms with Crippen LogP contribution in [0.3, 0.4) is 0 Å². The van der Waals surface area contributed by atoms with E-state index in [1.54, 1.807) is 6.92 Å². The second-order valence-electron chi connectivity index (χ2n) is 4.08. The second kappa shape index (κ2) is 6.78. The Kier molecular flexibility index (Phi) is 5.91. The lowest BCUT2D eigenvalue weighted by atomic mass is 10.2. The monoisotopic (exact) mass is 352 g/mol. The third kappa shape index (κ3) is 3.53. The average molecular weight is 353 g/mol. The van der Waals surface area contributed by atoms with Crippen LogP contribution in [0, 0.1) is 5.82 Å². The molecule has 0 amide bonds. The largest absolute Gasteiger partial charge is 0.326 e. The zero-order valence-corrected chi connectivity index (χ0v) is 13.4. The van der Waals surface area contributed by atoms with Gasteiger partial charge >= 0.3 is 0 Å². The van der Waals surface area contributed by atoms with Crippen LogP contribution in [-0.2, 0) is 16.6 Å². The number of halogens is 2. The van der Waals surface area contributed by atoms with Gasteiger partial charge in [-0.05, 0) is 18.6 Å². The number of hydrogen-bond donors (Lipinski definition) is 1. The van der Waals surface area contributed by atoms with Crippen molar-refractivity contribution in [1.82, 2.24) is 4.31 Å². The number of sulfonamides is 1. The van der Waals surface area contributed by atoms with Crippen molar-refractivity contribution in [3.8, 4) is 0 Å². The topological polar surface area (TPSA) is 63.4 Å². The minimum absolute atomic E-state index is 0.0479. The highest BCUT2D eigenvalue weighted by atomic mass is 79.9. The van der Waals surface area contributed by atoms with Crippen LogP contribution in [0.25, 0.3) is 0 Å². The molecule has 1 aromatic rings. The van der Waals surface area contributed by atoms with Crippen molar-refractivity contribution in [3.05, 3.63) is 28.0 Å². The third-order valence-electron chi connectivity index (χ3n) is 2.74. The van der Waals surface area contributed by atoms with Crippen LogP contribution in [-0.4, -0.2) is 25.8 Å². The molecule has 0 aliphatic carbocycles. The van der Waals surface area contributed by atoms with Gasteiger partial charge in [0.25, 0.3) is 0 Å². The average Bonchev–Trinajstić information content (AvgIpc) is 2.37. The van der Waals surface area contributed by atoms with Crippen molar-refractivity contribution in [2.75, 3.05) is 13.1 Å². The van der Waals surface area contributed by atoms with E-state index >= 15 is 0 Å². The number of hydrogen-bond acceptors (Lipinski definition) is 3. The fourth-order valence-electron chi connectivity index (χ4n) is 1.79. The maximum atomic E-state index is 14.2. The van der Waals surface area contributed by atoms with Gasteiger partial charge in [-0.3, -0.25) is 0 Å². The minimum Gasteiger partial charge on any atom is -0.326 e. The summed E-state index contributed by atoms with van der Waals surface area (Å²) in [7, 11) is -3.83. The highest BCUT2D eigenvalue weighted by Crippen LogP contribution is 2.26. The molecule has 0 fully saturated rings. The van der Waals surface area contributed by atoms with E-state index in [4.69, 9.17) is 5.73 Å². The molecule has 1 rings (SSSR count). The molecule has 0 heterocycles. The van der Waals surface area contributed by atoms with E-state index in [0.29, 0.717) is 24.0 Å². The maximum absolute atomic E-state index is 14.2. The Hall–Kier alpha value is -0.500. The Bertz CT molecular complexity index is 549. The van der Waals surface area contributed by atoms with E-state index in [2.05, 4.69) is 15.9 Å². The lowest BCUT2D eigenvalue weighted by Crippen LogP contribution is -2.32. The molecule has 0 aliphatic rings. The summed E-state index contributed by atoms with van der Waals surface area (Å²) in [5, 5.41) is 0. The van der Waals surface area contributed by atoms with Crippen molar-refractivity contribution in [1.29, 1.82) is 0 Å². The van der Waals surface area contributed by atoms with E-state index in [9.17, 15) is 12.8 Å². The molecule has 4 nitrogen and oxygen atoms in total. The first-order valence-corrected chi connectivity index (χ1v) is 8.29. The smallest absolute Gasteiger partial charge is 0.246 e. The SMILES string of the molecule is CCCN(CC)S(=O)(=O)c1cc(Br)cc(CN)c1F. The van der Waals surface area contributed by atoms with Crippen molar-refractivity contribution in [2.45, 2.75) is 31.7 Å². The minimum atomic E-state index is -3.83. The molecule has 1 aromatic carbocycles. The summed E-state index contributed by atoms with van der Waals surface area (Å²) in [6, 6.07) is 2.77. The van der Waals surface area contributed by atoms with Crippen LogP contribution >= 0.6 is 15.9 Å². The lowest BCUT2D eigenvalue weighted by molar-refractivity contribution is 0.422. The van der Waals surface area contributed by atoms with Gasteiger partial charge in [0.05, 0.1) is 0 Å². The second-order valence-corrected chi connectivity index (χ2v) is 6.90. The molecule has 0 saturated carbocycles. The van der Waals surface area contributed by atoms with Gasteiger partial charge in [0.2, 0.25) is 10.0 Å². The molecule has 0 aromatic heterocycles. The molecule has 0 spiro atoms. The van der Waals surface area contributed by atoms with Crippen molar-refractivity contribution >= 4 is 26.0 Å². The normalized spacial score (nSPS) is 12.1. The Balaban J connectivity index is 3.39. The highest BCUT2D eigenvalue weighted by molar-refractivity contribution is 9.10. The molecule has 7 heteroatoms. The lowest BCUT2D eigenvalue weighted by Gasteiger charge is -2.20. The zero-order chi connectivity index (χ0) is 14.6. The summed E-state index contributed by atoms with van der Waals surface area (Å²) in [5.41, 5.74) is 5.61. The van der Waals surface area contributed by atoms with Crippen molar-refractivity contribution in [2.24, 2.45) is 5.73 Å². The molecule has 0 unspecified atom stereocenters. The van der Waals surface area contributed by atoms with E-state index < -0.39 is 15.8 Å². The Morgan fingerprint density at radius 1 is 1.37 bits per heavy atom. The Morgan fingerprint density at radius 2 is 2.00 bits per heavy atom. The number of nitrogens with two attached hydrogens (primary N) is 1. The molecular weight excluding hydrogens is 335 g/mol. The standard InChI is InChI=1S/C12H18BrFN2O2S/c1-3-5-16(4-2)19(17,18)11-7-10(13)6-9(8-15)12(11)14/h6-7H,3-5,8,15H2,1-2H3. The van der Waals surface area contributed by atoms with Gasteiger partial charge in [0, 0.05) is 29.7 Å². The van der Waals surface area contributed by atoms with Gasteiger partial charge in [-0.15, -0.1) is 0 Å². The predicted octanol–water partition coefficient (Wildman–Crippen LogP) is 2.47. The molecule has 0 atom stereocenters. The first-order valence-electron chi connectivity index (χ1n) is 6.06. The summed E-state index contributed by atoms with van der Waals surface area (Å²) in [6.07, 6.45) is 0.673. The third-order valence-corrected chi connectivity index (χ3v) is 5.17. The van der Waals surface area contributed by atoms with Gasteiger partial charge in [-0.2, -0.15) is 4.31 Å². The van der Waals surface area contributed by atoms with E-state index in [1.165, 1.54) is 16.4 Å². The number of rotatable bonds is 6. The quantitative estimate of drug-likeness (QED) is 0.855. The van der Waals surface area contributed by atoms with Crippen LogP contribution in [0.4, 0.5) is 4.39 Å². The van der Waals surface area contributed by atoms with Crippen LogP contribution in [0.5, 0.6) is 0 Å². The summed E-state index contributed by atoms with van der Waals surface area (Å²) in [6.45, 7) is 4.23. The first kappa shape index (κ1) is 16.6. The zero-order valence-electron chi connectivity index (χ0n) is 11.0. The molecule has 0 aliphatic heterocycles. The summed E-state index contributed by atoms with van der Waals surface area (Å²) < 4.78 is 40.8. The summed E-state index contributed by atoms with van der Waals surface area (Å²) in [5.74, 6) is -0.764. The molecule has 2 N–H and O–H groups in total. The number of nitrogens with zero attached hydrogens (tertiary/aromatic N) is 1. The molecule has 0 bridgehead atoms. The summed E-state index contributed by atoms with van der Waals surface area (Å²) in [4.78, 5) is -0.322. The molecule has 0 saturated heterocycles. The van der Waals surface area contributed by atoms with Crippen molar-refractivity contribution in [3.63, 3.8) is 0 Å². The van der Waals surface area contributed by atoms with Gasteiger partial charge in [0.1, 0.15) is 10.7 Å². The fraction of sp³-hybridized carbons (Fsp3) is 0.500. The van der Waals surface area contributed by atoms with Crippen LogP contribution < -0.4 is 5.73 Å². The van der Waals surface area contributed by atoms with Gasteiger partial charge in [-0.25, -0.2) is 12.8 Å². The van der Waals surface area contributed by atoms with Gasteiger partial charge in [0.15, 0.2) is 0 Å². The molecule has 19 heavy (non-hydrogen) atoms. The van der Waals surface area contributed by atoms with Crippen LogP contribution in [0.15, 0.2) is 21.5 Å².